The quantitative estimate of drug-likeness (QED) is 0.0310. The number of carbonyl (C=O) groups excluding carboxylic acids is 9. The summed E-state index contributed by atoms with van der Waals surface area (Å²) >= 11 is 9.19. The number of methoxy groups -OCH3 is 1. The second kappa shape index (κ2) is 33.2. The number of β-lactam (4-membered cyclic amide) rings is 4. The van der Waals surface area contributed by atoms with Gasteiger partial charge in [0, 0.05) is 5.75 Å². The molecule has 38 heteroatoms. The Bertz CT molecular complexity index is 2570. The summed E-state index contributed by atoms with van der Waals surface area (Å²) in [4.78, 5) is 107. The van der Waals surface area contributed by atoms with Crippen LogP contribution < -0.4 is 181 Å². The second-order valence-electron chi connectivity index (χ2n) is 17.6. The first-order valence-corrected chi connectivity index (χ1v) is 30.8. The molecule has 4 fully saturated rings. The number of hydrogen-bond donors (Lipinski definition) is 9. The number of esters is 1. The Hall–Kier alpha value is 1.54. The van der Waals surface area contributed by atoms with Gasteiger partial charge in [0.25, 0.3) is 23.6 Å². The molecule has 8 aliphatic heterocycles. The van der Waals surface area contributed by atoms with E-state index in [1.165, 1.54) is 70.1 Å². The van der Waals surface area contributed by atoms with Crippen LogP contribution in [0.1, 0.15) is 67.7 Å². The summed E-state index contributed by atoms with van der Waals surface area (Å²) in [7, 11) is 1.25. The molecule has 0 aromatic rings. The van der Waals surface area contributed by atoms with Gasteiger partial charge in [-0.3, -0.25) is 43.6 Å². The van der Waals surface area contributed by atoms with E-state index in [1.54, 1.807) is 0 Å². The standard InChI is InChI=1S/C12H15NO7S2.2C11H15NO5S2.C10H13NO5S2.3K.H3N/c1-5(14)12(19)10(18)13-7(8(16)17)9(22-11(12)13)21-4-3-6(15)20-2;2*1-3-4-18-8-6(7(14)15)12-9(16)11(17,5(2)13)10(12)19-8;1-3-17-7-5(6(13)14)11-8(15)10(16,4(2)12)9(11)18-7;;;;/h5,11,14,19H,3-4H2,1-2H3,(H,16,17);2*5,10,13,17H,3-4H2,1-2H3,(H,14,15);4,9,12,16H,3H2,1-2H3,(H,13,14);;;;1H3/q;;;;3*+1;/p-3/t5-,11-,12-;2*5-,10-,11-;4-,9-,10-;;;;/m1111..../s1. The smallest absolute Gasteiger partial charge is 0.543 e. The number of amides is 4. The van der Waals surface area contributed by atoms with E-state index in [9.17, 15) is 104 Å². The van der Waals surface area contributed by atoms with Crippen molar-refractivity contribution in [3.8, 4) is 0 Å². The van der Waals surface area contributed by atoms with E-state index in [4.69, 9.17) is 0 Å². The van der Waals surface area contributed by atoms with Gasteiger partial charge in [-0.05, 0) is 57.8 Å². The van der Waals surface area contributed by atoms with Crippen molar-refractivity contribution in [2.75, 3.05) is 30.1 Å². The van der Waals surface area contributed by atoms with Gasteiger partial charge in [-0.2, -0.15) is 0 Å². The molecule has 0 radical (unpaired) electrons. The van der Waals surface area contributed by atoms with Crippen LogP contribution in [-0.2, 0) is 47.9 Å². The molecule has 12 N–H and O–H groups in total. The van der Waals surface area contributed by atoms with Crippen molar-refractivity contribution in [1.29, 1.82) is 0 Å². The maximum Gasteiger partial charge on any atom is 1.00 e. The molecule has 0 unspecified atom stereocenters. The zero-order chi connectivity index (χ0) is 59.1. The molecule has 0 spiro atoms. The van der Waals surface area contributed by atoms with Crippen LogP contribution in [0.25, 0.3) is 0 Å². The predicted molar refractivity (Wildman–Crippen MR) is 286 cm³/mol. The summed E-state index contributed by atoms with van der Waals surface area (Å²) < 4.78 is 6.09. The fraction of sp³-hybridized carbons (Fsp3) is 0.614. The van der Waals surface area contributed by atoms with Gasteiger partial charge >= 0.3 is 160 Å². The summed E-state index contributed by atoms with van der Waals surface area (Å²) in [6, 6.07) is 0. The minimum Gasteiger partial charge on any atom is -0.543 e. The summed E-state index contributed by atoms with van der Waals surface area (Å²) in [5.41, 5.74) is -8.68. The van der Waals surface area contributed by atoms with Crippen LogP contribution in [0.3, 0.4) is 0 Å². The number of aliphatic hydroxyl groups is 8. The van der Waals surface area contributed by atoms with E-state index in [-0.39, 0.29) is 200 Å². The first-order valence-electron chi connectivity index (χ1n) is 23.3. The Kier molecular flexibility index (Phi) is 33.0. The molecule has 0 saturated carbocycles. The van der Waals surface area contributed by atoms with E-state index < -0.39 is 122 Å². The minimum atomic E-state index is -2.02. The second-order valence-corrected chi connectivity index (χ2v) is 27.6. The molecule has 12 atom stereocenters. The average molecular weight is 1380 g/mol. The Morgan fingerprint density at radius 3 is 0.890 bits per heavy atom. The van der Waals surface area contributed by atoms with Gasteiger partial charge in [0.2, 0.25) is 0 Å². The van der Waals surface area contributed by atoms with Crippen molar-refractivity contribution >= 4 is 148 Å². The van der Waals surface area contributed by atoms with Gasteiger partial charge in [0.15, 0.2) is 22.4 Å². The molecule has 82 heavy (non-hydrogen) atoms. The van der Waals surface area contributed by atoms with Gasteiger partial charge in [0.05, 0.1) is 102 Å². The fourth-order valence-electron chi connectivity index (χ4n) is 8.14. The number of aliphatic carboxylic acids is 4. The molecule has 4 saturated heterocycles. The van der Waals surface area contributed by atoms with Gasteiger partial charge in [-0.15, -0.1) is 47.0 Å². The van der Waals surface area contributed by atoms with Crippen molar-refractivity contribution in [3.05, 3.63) is 39.7 Å². The van der Waals surface area contributed by atoms with Crippen LogP contribution in [0.2, 0.25) is 0 Å². The molecule has 27 nitrogen and oxygen atoms in total. The van der Waals surface area contributed by atoms with E-state index in [2.05, 4.69) is 4.74 Å². The zero-order valence-electron chi connectivity index (χ0n) is 46.4. The number of hydrogen-bond acceptors (Lipinski definition) is 30. The van der Waals surface area contributed by atoms with Crippen molar-refractivity contribution in [1.82, 2.24) is 25.8 Å². The molecular formula is C44H58K3N5O22S8. The number of aliphatic hydroxyl groups excluding tert-OH is 4. The number of thioether (sulfide) groups is 8. The van der Waals surface area contributed by atoms with Crippen LogP contribution in [0.15, 0.2) is 39.7 Å². The fourth-order valence-corrected chi connectivity index (χ4v) is 19.3. The van der Waals surface area contributed by atoms with Crippen molar-refractivity contribution in [3.63, 3.8) is 0 Å². The van der Waals surface area contributed by atoms with Crippen molar-refractivity contribution in [2.24, 2.45) is 0 Å². The summed E-state index contributed by atoms with van der Waals surface area (Å²) in [6.07, 6.45) is -3.32. The Morgan fingerprint density at radius 1 is 0.488 bits per heavy atom. The SMILES string of the molecule is CCCSC1=C(C(=O)[O-])N2C(=O)[C@](O)([C@@H](C)O)[C@H]2S1.CCCSC1=C(C(=O)[O-])N2C(=O)[C@](O)([C@@H](C)O)[C@H]2S1.CCSC1=C(C(=O)[O-])N2C(=O)[C@](O)([C@@H](C)O)[C@H]2S1.COC(=O)CCSC1=C(C(=O)[O-])N2C(=O)[C@](O)([C@@H](C)O)[C@H]2S1.[K+].[K+].[K+].[NH4+]. The van der Waals surface area contributed by atoms with Crippen LogP contribution in [0.4, 0.5) is 0 Å². The van der Waals surface area contributed by atoms with Crippen LogP contribution in [-0.4, -0.2) is 212 Å². The van der Waals surface area contributed by atoms with E-state index in [0.717, 1.165) is 91.3 Å². The van der Waals surface area contributed by atoms with E-state index >= 15 is 0 Å². The molecular weight excluding hydrogens is 1320 g/mol. The minimum absolute atomic E-state index is 0. The van der Waals surface area contributed by atoms with Crippen molar-refractivity contribution < 1.29 is 263 Å². The zero-order valence-corrected chi connectivity index (χ0v) is 62.3. The molecule has 8 rings (SSSR count). The molecule has 0 aromatic heterocycles. The maximum atomic E-state index is 12.0. The Balaban J connectivity index is 0.000000539. The molecule has 4 amide bonds. The molecule has 8 heterocycles. The number of carboxylic acids is 4. The molecule has 0 aliphatic carbocycles. The number of nitrogens with zero attached hydrogens (tertiary/aromatic N) is 4. The topological polar surface area (TPSA) is 466 Å². The van der Waals surface area contributed by atoms with Crippen LogP contribution >= 0.6 is 94.1 Å². The third kappa shape index (κ3) is 14.9. The monoisotopic (exact) mass is 1380 g/mol. The number of rotatable bonds is 20. The Morgan fingerprint density at radius 2 is 0.707 bits per heavy atom. The van der Waals surface area contributed by atoms with Gasteiger partial charge in [-0.1, -0.05) is 67.8 Å². The van der Waals surface area contributed by atoms with Crippen LogP contribution in [0.5, 0.6) is 0 Å². The summed E-state index contributed by atoms with van der Waals surface area (Å²) in [5, 5.41) is 120. The van der Waals surface area contributed by atoms with Crippen LogP contribution in [0, 0.1) is 0 Å². The molecule has 8 aliphatic rings. The summed E-state index contributed by atoms with van der Waals surface area (Å²) in [5.74, 6) is -7.22. The van der Waals surface area contributed by atoms with Gasteiger partial charge < -0.3 is 91.3 Å². The molecule has 0 bridgehead atoms. The van der Waals surface area contributed by atoms with Gasteiger partial charge in [-0.25, -0.2) is 0 Å². The predicted octanol–water partition coefficient (Wildman–Crippen LogP) is -13.5. The number of fused-ring (bicyclic) bond motifs is 4. The number of ether oxygens (including phenoxy) is 1. The third-order valence-electron chi connectivity index (χ3n) is 12.5. The normalized spacial score (nSPS) is 29.2. The largest absolute Gasteiger partial charge is 1.00 e. The number of carbonyl (C=O) groups is 9. The maximum absolute atomic E-state index is 12.0. The number of carboxylic acid groups (broad SMARTS) is 4. The van der Waals surface area contributed by atoms with Gasteiger partial charge in [0.1, 0.15) is 21.5 Å². The first kappa shape index (κ1) is 81.6. The Labute approximate surface area is 632 Å². The van der Waals surface area contributed by atoms with Crippen molar-refractivity contribution in [2.45, 2.75) is 136 Å². The third-order valence-corrected chi connectivity index (χ3v) is 23.7. The summed E-state index contributed by atoms with van der Waals surface area (Å²) in [6.45, 7) is 11.0. The van der Waals surface area contributed by atoms with E-state index in [0.29, 0.717) is 30.0 Å². The average Bonchev–Trinajstić information content (AvgIpc) is 4.14. The van der Waals surface area contributed by atoms with E-state index in [1.807, 2.05) is 20.8 Å². The molecule has 442 valence electrons. The number of quaternary nitrogens is 1. The molecule has 0 aromatic carbocycles. The first-order chi connectivity index (χ1) is 36.3.